The van der Waals surface area contributed by atoms with Crippen LogP contribution in [0.4, 0.5) is 0 Å². The molecule has 0 bridgehead atoms. The summed E-state index contributed by atoms with van der Waals surface area (Å²) in [7, 11) is 0. The van der Waals surface area contributed by atoms with Crippen LogP contribution in [0.15, 0.2) is 49.6 Å². The molecule has 1 saturated carbocycles. The van der Waals surface area contributed by atoms with Crippen molar-refractivity contribution in [1.82, 2.24) is 14.8 Å². The van der Waals surface area contributed by atoms with Crippen molar-refractivity contribution in [3.05, 3.63) is 60.2 Å². The van der Waals surface area contributed by atoms with E-state index in [0.29, 0.717) is 5.02 Å². The van der Waals surface area contributed by atoms with Gasteiger partial charge in [-0.05, 0) is 36.8 Å². The van der Waals surface area contributed by atoms with Gasteiger partial charge in [0.25, 0.3) is 0 Å². The van der Waals surface area contributed by atoms with E-state index in [0.717, 1.165) is 18.4 Å². The summed E-state index contributed by atoms with van der Waals surface area (Å²) < 4.78 is 1.46. The summed E-state index contributed by atoms with van der Waals surface area (Å²) in [6.07, 6.45) is 8.69. The molecule has 1 aliphatic rings. The molecule has 22 heavy (non-hydrogen) atoms. The third-order valence-electron chi connectivity index (χ3n) is 4.44. The minimum atomic E-state index is -1.12. The van der Waals surface area contributed by atoms with Crippen molar-refractivity contribution in [3.63, 3.8) is 0 Å². The van der Waals surface area contributed by atoms with Crippen LogP contribution in [0.5, 0.6) is 0 Å². The summed E-state index contributed by atoms with van der Waals surface area (Å²) in [4.78, 5) is 4.04. The van der Waals surface area contributed by atoms with Gasteiger partial charge in [-0.2, -0.15) is 16.9 Å². The van der Waals surface area contributed by atoms with E-state index >= 15 is 0 Å². The average Bonchev–Trinajstić information content (AvgIpc) is 3.18. The number of nitrogens with zero attached hydrogens (tertiary/aromatic N) is 3. The molecular weight excluding hydrogens is 318 g/mol. The molecule has 1 aromatic carbocycles. The second kappa shape index (κ2) is 5.72. The van der Waals surface area contributed by atoms with Crippen molar-refractivity contribution in [2.75, 3.05) is 6.26 Å². The zero-order valence-electron chi connectivity index (χ0n) is 12.3. The Morgan fingerprint density at radius 1 is 1.45 bits per heavy atom. The molecule has 4 nitrogen and oxygen atoms in total. The lowest BCUT2D eigenvalue weighted by molar-refractivity contribution is 0.0357. The number of benzene rings is 1. The Balaban J connectivity index is 2.13. The van der Waals surface area contributed by atoms with Gasteiger partial charge in [0.05, 0.1) is 4.75 Å². The monoisotopic (exact) mass is 335 g/mol. The molecule has 1 N–H and O–H groups in total. The van der Waals surface area contributed by atoms with Gasteiger partial charge < -0.3 is 5.11 Å². The van der Waals surface area contributed by atoms with Gasteiger partial charge in [0, 0.05) is 5.02 Å². The molecule has 0 radical (unpaired) electrons. The Kier molecular flexibility index (Phi) is 4.05. The largest absolute Gasteiger partial charge is 0.382 e. The highest BCUT2D eigenvalue weighted by Crippen LogP contribution is 2.59. The van der Waals surface area contributed by atoms with Crippen LogP contribution in [-0.4, -0.2) is 36.5 Å². The number of hydrogen-bond donors (Lipinski definition) is 1. The highest BCUT2D eigenvalue weighted by molar-refractivity contribution is 8.00. The third kappa shape index (κ3) is 2.37. The molecule has 2 aromatic rings. The first kappa shape index (κ1) is 15.6. The number of rotatable bonds is 6. The van der Waals surface area contributed by atoms with Gasteiger partial charge in [0.2, 0.25) is 0 Å². The zero-order valence-corrected chi connectivity index (χ0v) is 13.9. The van der Waals surface area contributed by atoms with Crippen LogP contribution in [0.3, 0.4) is 0 Å². The Bertz CT molecular complexity index is 655. The summed E-state index contributed by atoms with van der Waals surface area (Å²) in [5.74, 6) is 0. The summed E-state index contributed by atoms with van der Waals surface area (Å²) >= 11 is 7.68. The predicted molar refractivity (Wildman–Crippen MR) is 90.2 cm³/mol. The van der Waals surface area contributed by atoms with Gasteiger partial charge in [-0.15, -0.1) is 6.58 Å². The van der Waals surface area contributed by atoms with Gasteiger partial charge in [-0.1, -0.05) is 29.8 Å². The van der Waals surface area contributed by atoms with Crippen LogP contribution in [0.1, 0.15) is 24.4 Å². The van der Waals surface area contributed by atoms with Crippen LogP contribution in [-0.2, 0) is 0 Å². The highest BCUT2D eigenvalue weighted by atomic mass is 35.5. The maximum Gasteiger partial charge on any atom is 0.137 e. The SMILES string of the molecule is C=CC(O)(C(c1ccc(Cl)cc1)n1cncn1)C1(SC)CC1. The van der Waals surface area contributed by atoms with Gasteiger partial charge in [-0.3, -0.25) is 0 Å². The fourth-order valence-electron chi connectivity index (χ4n) is 3.03. The van der Waals surface area contributed by atoms with Crippen molar-refractivity contribution in [2.45, 2.75) is 29.2 Å². The van der Waals surface area contributed by atoms with Crippen LogP contribution in [0, 0.1) is 0 Å². The third-order valence-corrected chi connectivity index (χ3v) is 6.21. The van der Waals surface area contributed by atoms with E-state index in [-0.39, 0.29) is 10.8 Å². The van der Waals surface area contributed by atoms with Crippen molar-refractivity contribution < 1.29 is 5.11 Å². The summed E-state index contributed by atoms with van der Waals surface area (Å²) in [5, 5.41) is 16.4. The molecule has 2 atom stereocenters. The first-order chi connectivity index (χ1) is 10.6. The first-order valence-electron chi connectivity index (χ1n) is 7.07. The minimum Gasteiger partial charge on any atom is -0.382 e. The van der Waals surface area contributed by atoms with E-state index in [2.05, 4.69) is 16.7 Å². The first-order valence-corrected chi connectivity index (χ1v) is 8.67. The summed E-state index contributed by atoms with van der Waals surface area (Å²) in [6, 6.07) is 7.09. The smallest absolute Gasteiger partial charge is 0.137 e. The maximum absolute atomic E-state index is 11.5. The lowest BCUT2D eigenvalue weighted by Gasteiger charge is -2.40. The van der Waals surface area contributed by atoms with Gasteiger partial charge in [0.15, 0.2) is 0 Å². The van der Waals surface area contributed by atoms with E-state index in [1.807, 2.05) is 30.5 Å². The van der Waals surface area contributed by atoms with E-state index < -0.39 is 5.60 Å². The Morgan fingerprint density at radius 2 is 2.14 bits per heavy atom. The lowest BCUT2D eigenvalue weighted by Crippen LogP contribution is -2.48. The molecule has 0 saturated heterocycles. The molecular formula is C16H18ClN3OS. The van der Waals surface area contributed by atoms with Crippen molar-refractivity contribution in [3.8, 4) is 0 Å². The lowest BCUT2D eigenvalue weighted by atomic mass is 9.84. The van der Waals surface area contributed by atoms with Crippen LogP contribution in [0.2, 0.25) is 5.02 Å². The fourth-order valence-corrected chi connectivity index (χ4v) is 4.19. The Morgan fingerprint density at radius 3 is 2.59 bits per heavy atom. The Hall–Kier alpha value is -1.30. The molecule has 1 aromatic heterocycles. The van der Waals surface area contributed by atoms with Gasteiger partial charge >= 0.3 is 0 Å². The molecule has 2 unspecified atom stereocenters. The van der Waals surface area contributed by atoms with E-state index in [1.54, 1.807) is 28.8 Å². The molecule has 1 fully saturated rings. The van der Waals surface area contributed by atoms with Gasteiger partial charge in [-0.25, -0.2) is 9.67 Å². The zero-order chi connectivity index (χ0) is 15.8. The molecule has 1 heterocycles. The van der Waals surface area contributed by atoms with Crippen LogP contribution < -0.4 is 0 Å². The second-order valence-electron chi connectivity index (χ2n) is 5.56. The predicted octanol–water partition coefficient (Wildman–Crippen LogP) is 3.33. The molecule has 6 heteroatoms. The molecule has 3 rings (SSSR count). The minimum absolute atomic E-state index is 0.231. The highest BCUT2D eigenvalue weighted by Gasteiger charge is 2.61. The summed E-state index contributed by atoms with van der Waals surface area (Å²) in [6.45, 7) is 3.91. The second-order valence-corrected chi connectivity index (χ2v) is 7.18. The topological polar surface area (TPSA) is 50.9 Å². The van der Waals surface area contributed by atoms with E-state index in [9.17, 15) is 5.11 Å². The van der Waals surface area contributed by atoms with Crippen LogP contribution >= 0.6 is 23.4 Å². The van der Waals surface area contributed by atoms with E-state index in [4.69, 9.17) is 11.6 Å². The normalized spacial score (nSPS) is 20.1. The molecule has 0 aliphatic heterocycles. The quantitative estimate of drug-likeness (QED) is 0.823. The molecule has 0 amide bonds. The number of hydrogen-bond acceptors (Lipinski definition) is 4. The van der Waals surface area contributed by atoms with Crippen molar-refractivity contribution in [2.24, 2.45) is 0 Å². The Labute approximate surface area is 139 Å². The van der Waals surface area contributed by atoms with E-state index in [1.165, 1.54) is 6.33 Å². The fraction of sp³-hybridized carbons (Fsp3) is 0.375. The number of thioether (sulfide) groups is 1. The summed E-state index contributed by atoms with van der Waals surface area (Å²) in [5.41, 5.74) is -0.189. The van der Waals surface area contributed by atoms with Crippen molar-refractivity contribution in [1.29, 1.82) is 0 Å². The maximum atomic E-state index is 11.5. The number of aliphatic hydroxyl groups is 1. The van der Waals surface area contributed by atoms with Crippen LogP contribution in [0.25, 0.3) is 0 Å². The van der Waals surface area contributed by atoms with Gasteiger partial charge in [0.1, 0.15) is 24.3 Å². The molecule has 1 aliphatic carbocycles. The van der Waals surface area contributed by atoms with Crippen molar-refractivity contribution >= 4 is 23.4 Å². The molecule has 0 spiro atoms. The average molecular weight is 336 g/mol. The number of aromatic nitrogens is 3. The number of halogens is 1. The molecule has 116 valence electrons. The standard InChI is InChI=1S/C16H18ClN3OS/c1-3-16(21,15(22-2)8-9-15)14(20-11-18-10-19-20)12-4-6-13(17)7-5-12/h3-7,10-11,14,21H,1,8-9H2,2H3.